The van der Waals surface area contributed by atoms with Crippen molar-refractivity contribution in [3.63, 3.8) is 0 Å². The molecule has 2 heterocycles. The van der Waals surface area contributed by atoms with Gasteiger partial charge in [-0.25, -0.2) is 0 Å². The Kier molecular flexibility index (Phi) is 4.58. The second-order valence-electron chi connectivity index (χ2n) is 5.42. The molecule has 0 unspecified atom stereocenters. The SMILES string of the molecule is O=C(COc1ccc(N2CCCC2=O)cc1)N1CCOCC1. The maximum atomic E-state index is 12.0. The topological polar surface area (TPSA) is 59.1 Å². The summed E-state index contributed by atoms with van der Waals surface area (Å²) in [4.78, 5) is 27.2. The van der Waals surface area contributed by atoms with E-state index in [0.717, 1.165) is 18.7 Å². The zero-order valence-electron chi connectivity index (χ0n) is 12.5. The first kappa shape index (κ1) is 14.8. The van der Waals surface area contributed by atoms with E-state index in [1.807, 2.05) is 12.1 Å². The van der Waals surface area contributed by atoms with Crippen LogP contribution in [0.4, 0.5) is 5.69 Å². The molecule has 1 aromatic rings. The first-order chi connectivity index (χ1) is 10.7. The number of rotatable bonds is 4. The molecule has 0 atom stereocenters. The molecule has 0 saturated carbocycles. The van der Waals surface area contributed by atoms with Crippen LogP contribution in [0.25, 0.3) is 0 Å². The number of amides is 2. The molecule has 0 bridgehead atoms. The molecule has 118 valence electrons. The minimum Gasteiger partial charge on any atom is -0.484 e. The summed E-state index contributed by atoms with van der Waals surface area (Å²) in [6.45, 7) is 3.22. The number of carbonyl (C=O) groups is 2. The highest BCUT2D eigenvalue weighted by Crippen LogP contribution is 2.23. The van der Waals surface area contributed by atoms with Crippen molar-refractivity contribution in [2.75, 3.05) is 44.4 Å². The fraction of sp³-hybridized carbons (Fsp3) is 0.500. The largest absolute Gasteiger partial charge is 0.484 e. The molecule has 0 radical (unpaired) electrons. The molecule has 2 fully saturated rings. The summed E-state index contributed by atoms with van der Waals surface area (Å²) in [6, 6.07) is 7.32. The van der Waals surface area contributed by atoms with Gasteiger partial charge in [0.2, 0.25) is 5.91 Å². The highest BCUT2D eigenvalue weighted by atomic mass is 16.5. The van der Waals surface area contributed by atoms with Gasteiger partial charge in [0.15, 0.2) is 6.61 Å². The molecule has 22 heavy (non-hydrogen) atoms. The molecule has 0 N–H and O–H groups in total. The van der Waals surface area contributed by atoms with Crippen LogP contribution in [0.1, 0.15) is 12.8 Å². The first-order valence-corrected chi connectivity index (χ1v) is 7.63. The zero-order chi connectivity index (χ0) is 15.4. The van der Waals surface area contributed by atoms with Gasteiger partial charge in [-0.15, -0.1) is 0 Å². The van der Waals surface area contributed by atoms with Crippen molar-refractivity contribution in [1.82, 2.24) is 4.90 Å². The fourth-order valence-corrected chi connectivity index (χ4v) is 2.69. The van der Waals surface area contributed by atoms with Gasteiger partial charge >= 0.3 is 0 Å². The van der Waals surface area contributed by atoms with E-state index in [1.54, 1.807) is 21.9 Å². The highest BCUT2D eigenvalue weighted by Gasteiger charge is 2.21. The normalized spacial score (nSPS) is 18.6. The summed E-state index contributed by atoms with van der Waals surface area (Å²) < 4.78 is 10.7. The number of ether oxygens (including phenoxy) is 2. The summed E-state index contributed by atoms with van der Waals surface area (Å²) in [6.07, 6.45) is 1.53. The Bertz CT molecular complexity index is 538. The van der Waals surface area contributed by atoms with Crippen LogP contribution < -0.4 is 9.64 Å². The van der Waals surface area contributed by atoms with Crippen LogP contribution >= 0.6 is 0 Å². The van der Waals surface area contributed by atoms with E-state index in [9.17, 15) is 9.59 Å². The number of carbonyl (C=O) groups excluding carboxylic acids is 2. The number of benzene rings is 1. The lowest BCUT2D eigenvalue weighted by Crippen LogP contribution is -2.42. The van der Waals surface area contributed by atoms with Gasteiger partial charge in [-0.05, 0) is 30.7 Å². The van der Waals surface area contributed by atoms with E-state index in [1.165, 1.54) is 0 Å². The summed E-state index contributed by atoms with van der Waals surface area (Å²) in [7, 11) is 0. The summed E-state index contributed by atoms with van der Waals surface area (Å²) in [5.74, 6) is 0.773. The van der Waals surface area contributed by atoms with E-state index in [-0.39, 0.29) is 18.4 Å². The lowest BCUT2D eigenvalue weighted by molar-refractivity contribution is -0.137. The van der Waals surface area contributed by atoms with Crippen molar-refractivity contribution in [2.24, 2.45) is 0 Å². The lowest BCUT2D eigenvalue weighted by atomic mass is 10.3. The summed E-state index contributed by atoms with van der Waals surface area (Å²) in [5.41, 5.74) is 0.884. The average molecular weight is 304 g/mol. The number of hydrogen-bond donors (Lipinski definition) is 0. The van der Waals surface area contributed by atoms with Gasteiger partial charge in [-0.1, -0.05) is 0 Å². The van der Waals surface area contributed by atoms with Crippen LogP contribution in [-0.4, -0.2) is 56.2 Å². The van der Waals surface area contributed by atoms with Gasteiger partial charge in [0.25, 0.3) is 5.91 Å². The van der Waals surface area contributed by atoms with Crippen molar-refractivity contribution in [3.8, 4) is 5.75 Å². The molecule has 6 heteroatoms. The Hall–Kier alpha value is -2.08. The quantitative estimate of drug-likeness (QED) is 0.834. The Balaban J connectivity index is 1.52. The van der Waals surface area contributed by atoms with Crippen molar-refractivity contribution < 1.29 is 19.1 Å². The predicted molar refractivity (Wildman–Crippen MR) is 80.9 cm³/mol. The smallest absolute Gasteiger partial charge is 0.260 e. The Morgan fingerprint density at radius 3 is 2.50 bits per heavy atom. The van der Waals surface area contributed by atoms with E-state index >= 15 is 0 Å². The minimum atomic E-state index is -0.0258. The van der Waals surface area contributed by atoms with Crippen molar-refractivity contribution in [3.05, 3.63) is 24.3 Å². The van der Waals surface area contributed by atoms with Gasteiger partial charge in [-0.3, -0.25) is 9.59 Å². The summed E-state index contributed by atoms with van der Waals surface area (Å²) in [5, 5.41) is 0. The van der Waals surface area contributed by atoms with Gasteiger partial charge < -0.3 is 19.3 Å². The molecular formula is C16H20N2O4. The van der Waals surface area contributed by atoms with Crippen LogP contribution in [0.15, 0.2) is 24.3 Å². The van der Waals surface area contributed by atoms with Crippen molar-refractivity contribution in [2.45, 2.75) is 12.8 Å². The monoisotopic (exact) mass is 304 g/mol. The lowest BCUT2D eigenvalue weighted by Gasteiger charge is -2.26. The van der Waals surface area contributed by atoms with Crippen LogP contribution in [0.5, 0.6) is 5.75 Å². The third kappa shape index (κ3) is 3.39. The third-order valence-corrected chi connectivity index (χ3v) is 3.95. The van der Waals surface area contributed by atoms with E-state index in [4.69, 9.17) is 9.47 Å². The molecular weight excluding hydrogens is 284 g/mol. The molecule has 6 nitrogen and oxygen atoms in total. The third-order valence-electron chi connectivity index (χ3n) is 3.95. The second-order valence-corrected chi connectivity index (χ2v) is 5.42. The number of morpholine rings is 1. The Morgan fingerprint density at radius 1 is 1.14 bits per heavy atom. The van der Waals surface area contributed by atoms with E-state index < -0.39 is 0 Å². The Labute approximate surface area is 129 Å². The maximum Gasteiger partial charge on any atom is 0.260 e. The van der Waals surface area contributed by atoms with E-state index in [0.29, 0.717) is 38.5 Å². The molecule has 2 saturated heterocycles. The van der Waals surface area contributed by atoms with Crippen LogP contribution in [-0.2, 0) is 14.3 Å². The molecule has 3 rings (SSSR count). The molecule has 0 aromatic heterocycles. The van der Waals surface area contributed by atoms with Crippen molar-refractivity contribution in [1.29, 1.82) is 0 Å². The standard InChI is InChI=1S/C16H20N2O4/c19-15-2-1-7-18(15)13-3-5-14(6-4-13)22-12-16(20)17-8-10-21-11-9-17/h3-6H,1-2,7-12H2. The zero-order valence-corrected chi connectivity index (χ0v) is 12.5. The minimum absolute atomic E-state index is 0.0258. The molecule has 0 spiro atoms. The van der Waals surface area contributed by atoms with E-state index in [2.05, 4.69) is 0 Å². The number of hydrogen-bond acceptors (Lipinski definition) is 4. The van der Waals surface area contributed by atoms with Crippen LogP contribution in [0, 0.1) is 0 Å². The number of nitrogens with zero attached hydrogens (tertiary/aromatic N) is 2. The van der Waals surface area contributed by atoms with Gasteiger partial charge in [-0.2, -0.15) is 0 Å². The van der Waals surface area contributed by atoms with Gasteiger partial charge in [0.1, 0.15) is 5.75 Å². The average Bonchev–Trinajstić information content (AvgIpc) is 3.00. The fourth-order valence-electron chi connectivity index (χ4n) is 2.69. The molecule has 2 amide bonds. The summed E-state index contributed by atoms with van der Waals surface area (Å²) >= 11 is 0. The first-order valence-electron chi connectivity index (χ1n) is 7.63. The highest BCUT2D eigenvalue weighted by molar-refractivity contribution is 5.95. The molecule has 0 aliphatic carbocycles. The number of anilines is 1. The van der Waals surface area contributed by atoms with Crippen LogP contribution in [0.3, 0.4) is 0 Å². The van der Waals surface area contributed by atoms with Crippen molar-refractivity contribution >= 4 is 17.5 Å². The molecule has 2 aliphatic rings. The predicted octanol–water partition coefficient (Wildman–Crippen LogP) is 1.05. The second kappa shape index (κ2) is 6.79. The van der Waals surface area contributed by atoms with Gasteiger partial charge in [0, 0.05) is 31.7 Å². The molecule has 2 aliphatic heterocycles. The van der Waals surface area contributed by atoms with Gasteiger partial charge in [0.05, 0.1) is 13.2 Å². The maximum absolute atomic E-state index is 12.0. The molecule has 1 aromatic carbocycles. The Morgan fingerprint density at radius 2 is 1.86 bits per heavy atom. The van der Waals surface area contributed by atoms with Crippen LogP contribution in [0.2, 0.25) is 0 Å².